The van der Waals surface area contributed by atoms with Gasteiger partial charge in [0, 0.05) is 37.8 Å². The van der Waals surface area contributed by atoms with Crippen LogP contribution >= 0.6 is 0 Å². The molecule has 5 aromatic rings. The molecule has 0 atom stereocenters. The molecule has 0 aliphatic carbocycles. The van der Waals surface area contributed by atoms with Crippen LogP contribution in [0, 0.1) is 0 Å². The largest absolute Gasteiger partial charge is 0.332 e. The predicted molar refractivity (Wildman–Crippen MR) is 117 cm³/mol. The summed E-state index contributed by atoms with van der Waals surface area (Å²) in [7, 11) is 3.04. The molecule has 0 saturated heterocycles. The fourth-order valence-corrected chi connectivity index (χ4v) is 3.87. The van der Waals surface area contributed by atoms with Gasteiger partial charge in [0.2, 0.25) is 0 Å². The average molecular weight is 413 g/mol. The van der Waals surface area contributed by atoms with Crippen molar-refractivity contribution in [2.45, 2.75) is 6.54 Å². The Kier molecular flexibility index (Phi) is 4.21. The van der Waals surface area contributed by atoms with Crippen LogP contribution in [0.15, 0.2) is 76.7 Å². The number of para-hydroxylation sites is 1. The summed E-state index contributed by atoms with van der Waals surface area (Å²) in [6.45, 7) is 0.394. The Balaban J connectivity index is 1.47. The lowest BCUT2D eigenvalue weighted by molar-refractivity contribution is 0.0965. The van der Waals surface area contributed by atoms with E-state index in [1.54, 1.807) is 40.8 Å². The van der Waals surface area contributed by atoms with Gasteiger partial charge in [0.1, 0.15) is 0 Å². The lowest BCUT2D eigenvalue weighted by Crippen LogP contribution is -2.37. The lowest BCUT2D eigenvalue weighted by atomic mass is 10.1. The third-order valence-electron chi connectivity index (χ3n) is 5.59. The van der Waals surface area contributed by atoms with Crippen molar-refractivity contribution in [1.29, 1.82) is 0 Å². The molecule has 0 unspecified atom stereocenters. The van der Waals surface area contributed by atoms with Gasteiger partial charge in [-0.15, -0.1) is 0 Å². The van der Waals surface area contributed by atoms with E-state index in [0.717, 1.165) is 21.0 Å². The molecular formula is C23H19N5O3. The van der Waals surface area contributed by atoms with Crippen molar-refractivity contribution >= 4 is 28.0 Å². The molecule has 0 radical (unpaired) electrons. The Morgan fingerprint density at radius 2 is 1.68 bits per heavy atom. The van der Waals surface area contributed by atoms with Crippen LogP contribution in [-0.4, -0.2) is 29.2 Å². The summed E-state index contributed by atoms with van der Waals surface area (Å²) >= 11 is 0. The topological polar surface area (TPSA) is 83.8 Å². The monoisotopic (exact) mass is 413 g/mol. The maximum absolute atomic E-state index is 12.9. The highest BCUT2D eigenvalue weighted by atomic mass is 16.2. The first-order valence-electron chi connectivity index (χ1n) is 9.76. The van der Waals surface area contributed by atoms with Crippen LogP contribution in [0.3, 0.4) is 0 Å². The summed E-state index contributed by atoms with van der Waals surface area (Å²) in [6, 6.07) is 16.9. The van der Waals surface area contributed by atoms with Gasteiger partial charge in [0.15, 0.2) is 11.2 Å². The second-order valence-electron chi connectivity index (χ2n) is 7.50. The number of carbonyl (C=O) groups is 1. The number of benzene rings is 2. The average Bonchev–Trinajstić information content (AvgIpc) is 3.41. The molecule has 2 aromatic carbocycles. The van der Waals surface area contributed by atoms with Crippen LogP contribution < -0.4 is 11.2 Å². The number of hydrogen-bond donors (Lipinski definition) is 0. The highest BCUT2D eigenvalue weighted by molar-refractivity contribution is 6.02. The van der Waals surface area contributed by atoms with E-state index in [9.17, 15) is 14.4 Å². The van der Waals surface area contributed by atoms with Gasteiger partial charge in [-0.25, -0.2) is 9.78 Å². The second kappa shape index (κ2) is 6.94. The van der Waals surface area contributed by atoms with E-state index in [1.165, 1.54) is 11.6 Å². The molecule has 0 aliphatic heterocycles. The maximum atomic E-state index is 12.9. The molecule has 0 bridgehead atoms. The van der Waals surface area contributed by atoms with Crippen molar-refractivity contribution in [3.63, 3.8) is 0 Å². The van der Waals surface area contributed by atoms with E-state index in [4.69, 9.17) is 0 Å². The fourth-order valence-electron chi connectivity index (χ4n) is 3.87. The van der Waals surface area contributed by atoms with E-state index in [2.05, 4.69) is 4.98 Å². The van der Waals surface area contributed by atoms with Gasteiger partial charge in [-0.3, -0.25) is 23.3 Å². The van der Waals surface area contributed by atoms with Crippen molar-refractivity contribution in [2.75, 3.05) is 0 Å². The van der Waals surface area contributed by atoms with Crippen LogP contribution in [-0.2, 0) is 20.6 Å². The molecule has 3 heterocycles. The molecule has 0 spiro atoms. The Hall–Kier alpha value is -4.20. The molecule has 5 rings (SSSR count). The van der Waals surface area contributed by atoms with Crippen molar-refractivity contribution < 1.29 is 4.79 Å². The van der Waals surface area contributed by atoms with Crippen molar-refractivity contribution in [3.05, 3.63) is 99.1 Å². The highest BCUT2D eigenvalue weighted by Gasteiger charge is 2.15. The van der Waals surface area contributed by atoms with Gasteiger partial charge >= 0.3 is 5.69 Å². The zero-order valence-electron chi connectivity index (χ0n) is 17.0. The van der Waals surface area contributed by atoms with Crippen LogP contribution in [0.5, 0.6) is 0 Å². The van der Waals surface area contributed by atoms with Gasteiger partial charge in [-0.2, -0.15) is 0 Å². The third kappa shape index (κ3) is 2.92. The van der Waals surface area contributed by atoms with Gasteiger partial charge in [0.05, 0.1) is 11.8 Å². The summed E-state index contributed by atoms with van der Waals surface area (Å²) in [6.07, 6.45) is 3.33. The molecular weight excluding hydrogens is 394 g/mol. The first-order chi connectivity index (χ1) is 15.0. The first-order valence-corrected chi connectivity index (χ1v) is 9.76. The molecule has 31 heavy (non-hydrogen) atoms. The summed E-state index contributed by atoms with van der Waals surface area (Å²) in [4.78, 5) is 41.9. The van der Waals surface area contributed by atoms with Crippen molar-refractivity contribution in [2.24, 2.45) is 14.1 Å². The standard InChI is InChI=1S/C23H19N5O3/c1-25-20-19(22(30)26(2)23(25)31)27(14-24-20)13-15-7-9-17(10-8-15)21(29)28-12-11-16-5-3-4-6-18(16)28/h3-12,14H,13H2,1-2H3. The minimum atomic E-state index is -0.414. The Morgan fingerprint density at radius 3 is 2.45 bits per heavy atom. The van der Waals surface area contributed by atoms with E-state index in [1.807, 2.05) is 42.5 Å². The predicted octanol–water partition coefficient (Wildman–Crippen LogP) is 2.13. The Labute approximate surface area is 176 Å². The smallest absolute Gasteiger partial charge is 0.320 e. The number of carbonyl (C=O) groups excluding carboxylic acids is 1. The number of rotatable bonds is 3. The molecule has 8 heteroatoms. The molecule has 0 aliphatic rings. The van der Waals surface area contributed by atoms with E-state index in [0.29, 0.717) is 23.3 Å². The molecule has 8 nitrogen and oxygen atoms in total. The van der Waals surface area contributed by atoms with Crippen molar-refractivity contribution in [3.8, 4) is 0 Å². The summed E-state index contributed by atoms with van der Waals surface area (Å²) < 4.78 is 5.78. The van der Waals surface area contributed by atoms with E-state index < -0.39 is 5.69 Å². The Morgan fingerprint density at radius 1 is 0.935 bits per heavy atom. The SMILES string of the molecule is Cn1c(=O)c2c(ncn2Cc2ccc(C(=O)n3ccc4ccccc43)cc2)n(C)c1=O. The zero-order chi connectivity index (χ0) is 21.7. The minimum Gasteiger partial charge on any atom is -0.320 e. The normalized spacial score (nSPS) is 11.4. The molecule has 0 amide bonds. The summed E-state index contributed by atoms with van der Waals surface area (Å²) in [5.74, 6) is -0.107. The van der Waals surface area contributed by atoms with Gasteiger partial charge in [0.25, 0.3) is 11.5 Å². The van der Waals surface area contributed by atoms with Gasteiger partial charge in [-0.1, -0.05) is 30.3 Å². The van der Waals surface area contributed by atoms with Crippen LogP contribution in [0.2, 0.25) is 0 Å². The summed E-state index contributed by atoms with van der Waals surface area (Å²) in [5, 5.41) is 1.01. The molecule has 3 aromatic heterocycles. The van der Waals surface area contributed by atoms with Crippen LogP contribution in [0.4, 0.5) is 0 Å². The number of hydrogen-bond acceptors (Lipinski definition) is 4. The fraction of sp³-hybridized carbons (Fsp3) is 0.130. The van der Waals surface area contributed by atoms with Crippen LogP contribution in [0.1, 0.15) is 15.9 Å². The van der Waals surface area contributed by atoms with Crippen molar-refractivity contribution in [1.82, 2.24) is 23.3 Å². The highest BCUT2D eigenvalue weighted by Crippen LogP contribution is 2.18. The minimum absolute atomic E-state index is 0.107. The third-order valence-corrected chi connectivity index (χ3v) is 5.59. The molecule has 154 valence electrons. The number of imidazole rings is 1. The number of fused-ring (bicyclic) bond motifs is 2. The number of aryl methyl sites for hydroxylation is 1. The van der Waals surface area contributed by atoms with Gasteiger partial charge in [-0.05, 0) is 29.8 Å². The molecule has 0 N–H and O–H groups in total. The quantitative estimate of drug-likeness (QED) is 0.454. The second-order valence-corrected chi connectivity index (χ2v) is 7.50. The Bertz CT molecular complexity index is 1580. The van der Waals surface area contributed by atoms with Gasteiger partial charge < -0.3 is 4.57 Å². The number of aromatic nitrogens is 5. The maximum Gasteiger partial charge on any atom is 0.332 e. The van der Waals surface area contributed by atoms with E-state index >= 15 is 0 Å². The lowest BCUT2D eigenvalue weighted by Gasteiger charge is -2.08. The van der Waals surface area contributed by atoms with E-state index in [-0.39, 0.29) is 11.5 Å². The summed E-state index contributed by atoms with van der Waals surface area (Å²) in [5.41, 5.74) is 2.25. The number of nitrogens with zero attached hydrogens (tertiary/aromatic N) is 5. The first kappa shape index (κ1) is 18.8. The molecule has 0 fully saturated rings. The zero-order valence-corrected chi connectivity index (χ0v) is 17.0. The van der Waals surface area contributed by atoms with Crippen LogP contribution in [0.25, 0.3) is 22.1 Å². The molecule has 0 saturated carbocycles.